The Morgan fingerprint density at radius 3 is 2.64 bits per heavy atom. The second-order valence-corrected chi connectivity index (χ2v) is 10.6. The van der Waals surface area contributed by atoms with E-state index in [-0.39, 0.29) is 29.8 Å². The molecular formula is C29H39N5O2. The highest BCUT2D eigenvalue weighted by molar-refractivity contribution is 5.90. The maximum atomic E-state index is 14.0. The summed E-state index contributed by atoms with van der Waals surface area (Å²) in [7, 11) is 1.77. The van der Waals surface area contributed by atoms with E-state index in [1.54, 1.807) is 7.05 Å². The summed E-state index contributed by atoms with van der Waals surface area (Å²) in [5, 5.41) is 6.14. The standard InChI is InChI=1S/C29H39N5O2/c1-20(30-2)28(35)32-27(22-10-4-3-5-11-22)29(36)34-15-8-13-26(34)23-17-24(19-31-18-23)33-16-14-21-9-6-7-12-25(21)33/h6-7,9,12,17-20,22,26-27,30H,3-5,8,10-11,13-16H2,1-2H3,(H,32,35)/t20?,26?,27-/m0/s1. The smallest absolute Gasteiger partial charge is 0.245 e. The summed E-state index contributed by atoms with van der Waals surface area (Å²) in [5.74, 6) is 0.164. The number of likely N-dealkylation sites (tertiary alicyclic amines) is 1. The number of benzene rings is 1. The number of pyridine rings is 1. The van der Waals surface area contributed by atoms with Crippen molar-refractivity contribution in [2.75, 3.05) is 25.0 Å². The van der Waals surface area contributed by atoms with E-state index in [1.165, 1.54) is 17.7 Å². The van der Waals surface area contributed by atoms with E-state index >= 15 is 0 Å². The van der Waals surface area contributed by atoms with Gasteiger partial charge in [0.15, 0.2) is 0 Å². The van der Waals surface area contributed by atoms with Gasteiger partial charge < -0.3 is 20.4 Å². The van der Waals surface area contributed by atoms with Gasteiger partial charge in [-0.1, -0.05) is 37.5 Å². The summed E-state index contributed by atoms with van der Waals surface area (Å²) in [6, 6.07) is 9.95. The van der Waals surface area contributed by atoms with Gasteiger partial charge in [0.05, 0.1) is 24.0 Å². The summed E-state index contributed by atoms with van der Waals surface area (Å²) >= 11 is 0. The SMILES string of the molecule is CNC(C)C(=O)N[C@H](C(=O)N1CCCC1c1cncc(N2CCc3ccccc32)c1)C1CCCCC1. The number of amides is 2. The molecule has 2 fully saturated rings. The van der Waals surface area contributed by atoms with Gasteiger partial charge >= 0.3 is 0 Å². The van der Waals surface area contributed by atoms with E-state index in [0.717, 1.165) is 69.3 Å². The lowest BCUT2D eigenvalue weighted by molar-refractivity contribution is -0.139. The fourth-order valence-corrected chi connectivity index (χ4v) is 6.20. The zero-order chi connectivity index (χ0) is 25.1. The molecule has 1 saturated heterocycles. The first-order valence-electron chi connectivity index (χ1n) is 13.7. The Labute approximate surface area is 214 Å². The number of nitrogens with one attached hydrogen (secondary N) is 2. The van der Waals surface area contributed by atoms with Crippen LogP contribution in [-0.2, 0) is 16.0 Å². The molecule has 2 amide bonds. The van der Waals surface area contributed by atoms with Crippen molar-refractivity contribution in [2.24, 2.45) is 5.92 Å². The number of anilines is 2. The highest BCUT2D eigenvalue weighted by Crippen LogP contribution is 2.38. The Balaban J connectivity index is 1.38. The van der Waals surface area contributed by atoms with Gasteiger partial charge in [0.25, 0.3) is 0 Å². The lowest BCUT2D eigenvalue weighted by Gasteiger charge is -2.35. The first-order valence-corrected chi connectivity index (χ1v) is 13.7. The highest BCUT2D eigenvalue weighted by Gasteiger charge is 2.39. The molecule has 3 atom stereocenters. The fourth-order valence-electron chi connectivity index (χ4n) is 6.20. The topological polar surface area (TPSA) is 77.6 Å². The monoisotopic (exact) mass is 489 g/mol. The average molecular weight is 490 g/mol. The molecule has 3 aliphatic rings. The third kappa shape index (κ3) is 4.99. The maximum Gasteiger partial charge on any atom is 0.245 e. The van der Waals surface area contributed by atoms with Crippen LogP contribution in [0.5, 0.6) is 0 Å². The van der Waals surface area contributed by atoms with Gasteiger partial charge in [-0.2, -0.15) is 0 Å². The molecule has 2 aliphatic heterocycles. The van der Waals surface area contributed by atoms with Crippen LogP contribution < -0.4 is 15.5 Å². The van der Waals surface area contributed by atoms with Crippen molar-refractivity contribution in [3.05, 3.63) is 53.9 Å². The predicted molar refractivity (Wildman–Crippen MR) is 142 cm³/mol. The largest absolute Gasteiger partial charge is 0.343 e. The van der Waals surface area contributed by atoms with Gasteiger partial charge in [-0.25, -0.2) is 0 Å². The van der Waals surface area contributed by atoms with E-state index in [9.17, 15) is 9.59 Å². The quantitative estimate of drug-likeness (QED) is 0.612. The van der Waals surface area contributed by atoms with Crippen molar-refractivity contribution in [1.29, 1.82) is 0 Å². The molecule has 7 heteroatoms. The van der Waals surface area contributed by atoms with Crippen molar-refractivity contribution >= 4 is 23.2 Å². The zero-order valence-corrected chi connectivity index (χ0v) is 21.6. The molecule has 0 bridgehead atoms. The molecule has 1 aromatic heterocycles. The average Bonchev–Trinajstić information content (AvgIpc) is 3.59. The summed E-state index contributed by atoms with van der Waals surface area (Å²) in [5.41, 5.74) is 4.77. The number of nitrogens with zero attached hydrogens (tertiary/aromatic N) is 3. The molecule has 2 unspecified atom stereocenters. The number of hydrogen-bond donors (Lipinski definition) is 2. The van der Waals surface area contributed by atoms with Crippen LogP contribution in [0.2, 0.25) is 0 Å². The Hall–Kier alpha value is -2.93. The Bertz CT molecular complexity index is 1080. The third-order valence-electron chi connectivity index (χ3n) is 8.38. The van der Waals surface area contributed by atoms with E-state index in [4.69, 9.17) is 0 Å². The number of hydrogen-bond acceptors (Lipinski definition) is 5. The van der Waals surface area contributed by atoms with Crippen LogP contribution in [0.3, 0.4) is 0 Å². The van der Waals surface area contributed by atoms with Gasteiger partial charge in [0.2, 0.25) is 11.8 Å². The second-order valence-electron chi connectivity index (χ2n) is 10.6. The van der Waals surface area contributed by atoms with Crippen molar-refractivity contribution < 1.29 is 9.59 Å². The minimum atomic E-state index is -0.462. The number of para-hydroxylation sites is 1. The summed E-state index contributed by atoms with van der Waals surface area (Å²) in [4.78, 5) is 35.8. The van der Waals surface area contributed by atoms with Crippen molar-refractivity contribution in [3.63, 3.8) is 0 Å². The van der Waals surface area contributed by atoms with Crippen LogP contribution in [0, 0.1) is 5.92 Å². The van der Waals surface area contributed by atoms with Crippen LogP contribution in [0.25, 0.3) is 0 Å². The third-order valence-corrected chi connectivity index (χ3v) is 8.38. The summed E-state index contributed by atoms with van der Waals surface area (Å²) in [6.07, 6.45) is 12.2. The molecule has 0 spiro atoms. The molecule has 2 N–H and O–H groups in total. The van der Waals surface area contributed by atoms with E-state index in [1.807, 2.05) is 24.2 Å². The van der Waals surface area contributed by atoms with Crippen molar-refractivity contribution in [1.82, 2.24) is 20.5 Å². The van der Waals surface area contributed by atoms with Crippen LogP contribution in [-0.4, -0.2) is 53.9 Å². The molecule has 36 heavy (non-hydrogen) atoms. The number of fused-ring (bicyclic) bond motifs is 1. The Morgan fingerprint density at radius 1 is 1.03 bits per heavy atom. The van der Waals surface area contributed by atoms with E-state index in [0.29, 0.717) is 0 Å². The molecule has 5 rings (SSSR count). The second kappa shape index (κ2) is 11.0. The van der Waals surface area contributed by atoms with Crippen LogP contribution >= 0.6 is 0 Å². The number of carbonyl (C=O) groups excluding carboxylic acids is 2. The fraction of sp³-hybridized carbons (Fsp3) is 0.552. The molecule has 2 aromatic rings. The molecule has 0 radical (unpaired) electrons. The molecular weight excluding hydrogens is 450 g/mol. The molecule has 3 heterocycles. The van der Waals surface area contributed by atoms with Gasteiger partial charge in [-0.15, -0.1) is 0 Å². The van der Waals surface area contributed by atoms with Gasteiger partial charge in [0, 0.05) is 25.0 Å². The number of aromatic nitrogens is 1. The molecule has 1 aliphatic carbocycles. The van der Waals surface area contributed by atoms with Crippen LogP contribution in [0.4, 0.5) is 11.4 Å². The minimum absolute atomic E-state index is 0.00693. The molecule has 1 aromatic carbocycles. The minimum Gasteiger partial charge on any atom is -0.343 e. The van der Waals surface area contributed by atoms with Gasteiger partial charge in [0.1, 0.15) is 6.04 Å². The number of rotatable bonds is 7. The van der Waals surface area contributed by atoms with Gasteiger partial charge in [-0.05, 0) is 75.3 Å². The van der Waals surface area contributed by atoms with Crippen LogP contribution in [0.1, 0.15) is 69.0 Å². The highest BCUT2D eigenvalue weighted by atomic mass is 16.2. The summed E-state index contributed by atoms with van der Waals surface area (Å²) in [6.45, 7) is 3.50. The van der Waals surface area contributed by atoms with Crippen LogP contribution in [0.15, 0.2) is 42.7 Å². The van der Waals surface area contributed by atoms with Crippen molar-refractivity contribution in [2.45, 2.75) is 76.4 Å². The van der Waals surface area contributed by atoms with E-state index < -0.39 is 6.04 Å². The Morgan fingerprint density at radius 2 is 1.83 bits per heavy atom. The zero-order valence-electron chi connectivity index (χ0n) is 21.6. The molecule has 1 saturated carbocycles. The number of likely N-dealkylation sites (N-methyl/N-ethyl adjacent to an activating group) is 1. The summed E-state index contributed by atoms with van der Waals surface area (Å²) < 4.78 is 0. The van der Waals surface area contributed by atoms with Crippen molar-refractivity contribution in [3.8, 4) is 0 Å². The predicted octanol–water partition coefficient (Wildman–Crippen LogP) is 4.11. The van der Waals surface area contributed by atoms with Gasteiger partial charge in [-0.3, -0.25) is 14.6 Å². The normalized spacial score (nSPS) is 21.8. The first kappa shape index (κ1) is 24.8. The lowest BCUT2D eigenvalue weighted by Crippen LogP contribution is -2.55. The lowest BCUT2D eigenvalue weighted by atomic mass is 9.83. The Kier molecular flexibility index (Phi) is 7.56. The molecule has 7 nitrogen and oxygen atoms in total. The maximum absolute atomic E-state index is 14.0. The van der Waals surface area contributed by atoms with E-state index in [2.05, 4.69) is 50.8 Å². The molecule has 192 valence electrons. The first-order chi connectivity index (χ1) is 17.6. The number of carbonyl (C=O) groups is 2.